The molecule has 0 aromatic heterocycles. The molecule has 0 bridgehead atoms. The molecule has 0 amide bonds. The van der Waals surface area contributed by atoms with Gasteiger partial charge in [0.2, 0.25) is 0 Å². The zero-order valence-electron chi connectivity index (χ0n) is 8.83. The van der Waals surface area contributed by atoms with Gasteiger partial charge >= 0.3 is 0 Å². The summed E-state index contributed by atoms with van der Waals surface area (Å²) >= 11 is 0. The van der Waals surface area contributed by atoms with E-state index in [1.165, 1.54) is 0 Å². The van der Waals surface area contributed by atoms with Gasteiger partial charge in [0.15, 0.2) is 9.84 Å². The minimum atomic E-state index is -3.73. The summed E-state index contributed by atoms with van der Waals surface area (Å²) in [5, 5.41) is 0. The molecule has 1 aromatic rings. The van der Waals surface area contributed by atoms with Crippen molar-refractivity contribution < 1.29 is 17.2 Å². The number of aryl methyl sites for hydroxylation is 1. The standard InChI is InChI=1S/C10H13F2NO2S/c1-16(14,15)10-6-8(11)7(3-2-4-13)5-9(10)12/h5-6H,2-4,13H2,1H3. The number of rotatable bonds is 4. The van der Waals surface area contributed by atoms with Crippen molar-refractivity contribution in [3.05, 3.63) is 29.3 Å². The van der Waals surface area contributed by atoms with Gasteiger partial charge in [0.05, 0.1) is 0 Å². The lowest BCUT2D eigenvalue weighted by molar-refractivity contribution is 0.546. The molecule has 6 heteroatoms. The zero-order valence-corrected chi connectivity index (χ0v) is 9.65. The molecule has 0 aliphatic carbocycles. The summed E-state index contributed by atoms with van der Waals surface area (Å²) in [6.07, 6.45) is 1.66. The van der Waals surface area contributed by atoms with Gasteiger partial charge in [-0.2, -0.15) is 0 Å². The van der Waals surface area contributed by atoms with Gasteiger partial charge in [-0.3, -0.25) is 0 Å². The van der Waals surface area contributed by atoms with E-state index in [0.717, 1.165) is 18.4 Å². The Balaban J connectivity index is 3.17. The molecule has 1 rings (SSSR count). The summed E-state index contributed by atoms with van der Waals surface area (Å²) in [4.78, 5) is -0.610. The normalized spacial score (nSPS) is 11.8. The zero-order chi connectivity index (χ0) is 12.3. The van der Waals surface area contributed by atoms with E-state index in [4.69, 9.17) is 5.73 Å². The van der Waals surface area contributed by atoms with Crippen molar-refractivity contribution in [1.29, 1.82) is 0 Å². The molecule has 0 atom stereocenters. The number of hydrogen-bond acceptors (Lipinski definition) is 3. The number of benzene rings is 1. The van der Waals surface area contributed by atoms with Gasteiger partial charge in [-0.15, -0.1) is 0 Å². The van der Waals surface area contributed by atoms with Crippen molar-refractivity contribution in [1.82, 2.24) is 0 Å². The summed E-state index contributed by atoms with van der Waals surface area (Å²) in [7, 11) is -3.73. The molecule has 2 N–H and O–H groups in total. The van der Waals surface area contributed by atoms with Gasteiger partial charge in [-0.1, -0.05) is 0 Å². The molecule has 0 saturated heterocycles. The van der Waals surface area contributed by atoms with Crippen LogP contribution in [-0.4, -0.2) is 21.2 Å². The molecule has 1 aromatic carbocycles. The molecule has 0 saturated carbocycles. The Morgan fingerprint density at radius 2 is 1.88 bits per heavy atom. The average molecular weight is 249 g/mol. The van der Waals surface area contributed by atoms with Gasteiger partial charge in [0.1, 0.15) is 16.5 Å². The fourth-order valence-electron chi connectivity index (χ4n) is 1.34. The summed E-state index contributed by atoms with van der Waals surface area (Å²) < 4.78 is 49.0. The van der Waals surface area contributed by atoms with E-state index in [1.807, 2.05) is 0 Å². The highest BCUT2D eigenvalue weighted by atomic mass is 32.2. The largest absolute Gasteiger partial charge is 0.330 e. The third kappa shape index (κ3) is 2.99. The Labute approximate surface area is 93.2 Å². The van der Waals surface area contributed by atoms with E-state index < -0.39 is 26.4 Å². The van der Waals surface area contributed by atoms with Crippen LogP contribution < -0.4 is 5.73 Å². The third-order valence-electron chi connectivity index (χ3n) is 2.15. The molecular weight excluding hydrogens is 236 g/mol. The van der Waals surface area contributed by atoms with Crippen molar-refractivity contribution in [2.45, 2.75) is 17.7 Å². The number of nitrogens with two attached hydrogens (primary N) is 1. The maximum atomic E-state index is 13.4. The van der Waals surface area contributed by atoms with Crippen LogP contribution in [0.25, 0.3) is 0 Å². The first-order valence-electron chi connectivity index (χ1n) is 4.74. The second-order valence-corrected chi connectivity index (χ2v) is 5.52. The van der Waals surface area contributed by atoms with Crippen LogP contribution >= 0.6 is 0 Å². The highest BCUT2D eigenvalue weighted by Gasteiger charge is 2.17. The van der Waals surface area contributed by atoms with Crippen LogP contribution in [0.2, 0.25) is 0 Å². The predicted molar refractivity (Wildman–Crippen MR) is 56.8 cm³/mol. The fourth-order valence-corrected chi connectivity index (χ4v) is 2.07. The molecule has 90 valence electrons. The van der Waals surface area contributed by atoms with Crippen LogP contribution in [0.3, 0.4) is 0 Å². The molecule has 16 heavy (non-hydrogen) atoms. The second-order valence-electron chi connectivity index (χ2n) is 3.54. The van der Waals surface area contributed by atoms with Gasteiger partial charge < -0.3 is 5.73 Å². The topological polar surface area (TPSA) is 60.2 Å². The van der Waals surface area contributed by atoms with Crippen LogP contribution in [0.4, 0.5) is 8.78 Å². The lowest BCUT2D eigenvalue weighted by Gasteiger charge is -2.06. The Kier molecular flexibility index (Phi) is 3.98. The minimum absolute atomic E-state index is 0.148. The molecule has 0 fully saturated rings. The van der Waals surface area contributed by atoms with E-state index in [-0.39, 0.29) is 5.56 Å². The first-order valence-corrected chi connectivity index (χ1v) is 6.63. The van der Waals surface area contributed by atoms with Crippen molar-refractivity contribution >= 4 is 9.84 Å². The van der Waals surface area contributed by atoms with E-state index in [1.54, 1.807) is 0 Å². The minimum Gasteiger partial charge on any atom is -0.330 e. The van der Waals surface area contributed by atoms with Crippen molar-refractivity contribution in [3.8, 4) is 0 Å². The summed E-state index contributed by atoms with van der Waals surface area (Å²) in [5.74, 6) is -1.63. The van der Waals surface area contributed by atoms with E-state index >= 15 is 0 Å². The van der Waals surface area contributed by atoms with Gasteiger partial charge in [-0.25, -0.2) is 17.2 Å². The van der Waals surface area contributed by atoms with Gasteiger partial charge in [-0.05, 0) is 37.1 Å². The highest BCUT2D eigenvalue weighted by Crippen LogP contribution is 2.20. The van der Waals surface area contributed by atoms with Crippen molar-refractivity contribution in [3.63, 3.8) is 0 Å². The van der Waals surface area contributed by atoms with Gasteiger partial charge in [0.25, 0.3) is 0 Å². The Bertz CT molecular complexity index is 486. The van der Waals surface area contributed by atoms with Crippen LogP contribution in [0, 0.1) is 11.6 Å². The molecule has 3 nitrogen and oxygen atoms in total. The van der Waals surface area contributed by atoms with Crippen molar-refractivity contribution in [2.24, 2.45) is 5.73 Å². The number of halogens is 2. The maximum absolute atomic E-state index is 13.4. The van der Waals surface area contributed by atoms with E-state index in [9.17, 15) is 17.2 Å². The molecule has 0 spiro atoms. The Morgan fingerprint density at radius 1 is 1.25 bits per heavy atom. The van der Waals surface area contributed by atoms with Crippen LogP contribution in [0.5, 0.6) is 0 Å². The van der Waals surface area contributed by atoms with Crippen LogP contribution in [0.15, 0.2) is 17.0 Å². The second kappa shape index (κ2) is 4.88. The lowest BCUT2D eigenvalue weighted by atomic mass is 10.1. The van der Waals surface area contributed by atoms with Crippen LogP contribution in [0.1, 0.15) is 12.0 Å². The Hall–Kier alpha value is -1.01. The number of hydrogen-bond donors (Lipinski definition) is 1. The van der Waals surface area contributed by atoms with Crippen LogP contribution in [-0.2, 0) is 16.3 Å². The predicted octanol–water partition coefficient (Wildman–Crippen LogP) is 1.26. The first-order chi connectivity index (χ1) is 7.36. The smallest absolute Gasteiger partial charge is 0.178 e. The van der Waals surface area contributed by atoms with E-state index in [0.29, 0.717) is 19.4 Å². The summed E-state index contributed by atoms with van der Waals surface area (Å²) in [6.45, 7) is 0.370. The highest BCUT2D eigenvalue weighted by molar-refractivity contribution is 7.90. The monoisotopic (exact) mass is 249 g/mol. The van der Waals surface area contributed by atoms with E-state index in [2.05, 4.69) is 0 Å². The maximum Gasteiger partial charge on any atom is 0.178 e. The third-order valence-corrected chi connectivity index (χ3v) is 3.26. The average Bonchev–Trinajstić information content (AvgIpc) is 2.17. The molecule has 0 aliphatic heterocycles. The molecular formula is C10H13F2NO2S. The van der Waals surface area contributed by atoms with Crippen molar-refractivity contribution in [2.75, 3.05) is 12.8 Å². The van der Waals surface area contributed by atoms with Gasteiger partial charge in [0, 0.05) is 6.26 Å². The fraction of sp³-hybridized carbons (Fsp3) is 0.400. The quantitative estimate of drug-likeness (QED) is 0.874. The summed E-state index contributed by atoms with van der Waals surface area (Å²) in [5.41, 5.74) is 5.40. The molecule has 0 unspecified atom stereocenters. The Morgan fingerprint density at radius 3 is 2.38 bits per heavy atom. The number of sulfone groups is 1. The lowest BCUT2D eigenvalue weighted by Crippen LogP contribution is -2.06. The summed E-state index contributed by atoms with van der Waals surface area (Å²) in [6, 6.07) is 1.64. The molecule has 0 heterocycles. The SMILES string of the molecule is CS(=O)(=O)c1cc(F)c(CCCN)cc1F. The molecule has 0 radical (unpaired) electrons. The first kappa shape index (κ1) is 13.1. The molecule has 0 aliphatic rings.